The zero-order valence-electron chi connectivity index (χ0n) is 17.2. The van der Waals surface area contributed by atoms with E-state index in [0.29, 0.717) is 65.8 Å². The predicted octanol–water partition coefficient (Wildman–Crippen LogP) is 1.88. The van der Waals surface area contributed by atoms with Crippen molar-refractivity contribution in [2.45, 2.75) is 5.78 Å². The van der Waals surface area contributed by atoms with Crippen molar-refractivity contribution >= 4 is 7.44 Å². The topological polar surface area (TPSA) is 63.7 Å². The monoisotopic (exact) mass is 425 g/mol. The highest BCUT2D eigenvalue weighted by molar-refractivity contribution is 7.59. The van der Waals surface area contributed by atoms with Gasteiger partial charge in [-0.1, -0.05) is 12.1 Å². The van der Waals surface area contributed by atoms with Gasteiger partial charge >= 0.3 is 0 Å². The smallest absolute Gasteiger partial charge is 0.237 e. The van der Waals surface area contributed by atoms with E-state index < -0.39 is 7.44 Å². The van der Waals surface area contributed by atoms with Gasteiger partial charge in [-0.3, -0.25) is 9.46 Å². The van der Waals surface area contributed by atoms with E-state index >= 15 is 4.57 Å². The zero-order valence-corrected chi connectivity index (χ0v) is 18.1. The highest BCUT2D eigenvalue weighted by Gasteiger charge is 2.48. The van der Waals surface area contributed by atoms with Gasteiger partial charge in [0.05, 0.1) is 46.8 Å². The van der Waals surface area contributed by atoms with Crippen LogP contribution in [0.5, 0.6) is 5.75 Å². The number of rotatable bonds is 6. The van der Waals surface area contributed by atoms with Gasteiger partial charge in [-0.25, -0.2) is 9.34 Å². The number of nitrogens with zero attached hydrogens (tertiary/aromatic N) is 3. The molecule has 3 heterocycles. The van der Waals surface area contributed by atoms with Crippen molar-refractivity contribution in [3.05, 3.63) is 29.8 Å². The Balaban J connectivity index is 1.76. The Kier molecular flexibility index (Phi) is 7.24. The van der Waals surface area contributed by atoms with Crippen LogP contribution in [0.4, 0.5) is 0 Å². The second-order valence-electron chi connectivity index (χ2n) is 7.52. The molecule has 3 aliphatic rings. The van der Waals surface area contributed by atoms with Crippen LogP contribution in [0.1, 0.15) is 11.3 Å². The largest absolute Gasteiger partial charge is 0.497 e. The number of ether oxygens (including phenoxy) is 4. The van der Waals surface area contributed by atoms with Gasteiger partial charge in [0.1, 0.15) is 11.5 Å². The molecule has 0 amide bonds. The molecule has 3 saturated heterocycles. The van der Waals surface area contributed by atoms with E-state index in [-0.39, 0.29) is 5.78 Å². The Morgan fingerprint density at radius 1 is 0.793 bits per heavy atom. The van der Waals surface area contributed by atoms with Crippen LogP contribution in [0.25, 0.3) is 0 Å². The molecule has 3 aliphatic heterocycles. The van der Waals surface area contributed by atoms with E-state index in [1.165, 1.54) is 0 Å². The summed E-state index contributed by atoms with van der Waals surface area (Å²) in [5.41, 5.74) is 1.06. The van der Waals surface area contributed by atoms with Crippen molar-refractivity contribution in [1.29, 1.82) is 0 Å². The van der Waals surface area contributed by atoms with Crippen molar-refractivity contribution in [3.63, 3.8) is 0 Å². The first kappa shape index (κ1) is 21.2. The Morgan fingerprint density at radius 2 is 1.24 bits per heavy atom. The quantitative estimate of drug-likeness (QED) is 0.641. The van der Waals surface area contributed by atoms with E-state index in [2.05, 4.69) is 26.4 Å². The third-order valence-corrected chi connectivity index (χ3v) is 9.59. The fraction of sp³-hybridized carbons (Fsp3) is 0.700. The molecule has 4 rings (SSSR count). The average molecular weight is 425 g/mol. The van der Waals surface area contributed by atoms with Crippen LogP contribution < -0.4 is 4.74 Å². The summed E-state index contributed by atoms with van der Waals surface area (Å²) in [5.74, 6) is 0.593. The van der Waals surface area contributed by atoms with Crippen LogP contribution >= 0.6 is 7.44 Å². The summed E-state index contributed by atoms with van der Waals surface area (Å²) in [5, 5.41) is 0. The molecule has 1 aromatic carbocycles. The second-order valence-corrected chi connectivity index (χ2v) is 10.3. The maximum Gasteiger partial charge on any atom is 0.237 e. The van der Waals surface area contributed by atoms with Gasteiger partial charge in [-0.15, -0.1) is 0 Å². The van der Waals surface area contributed by atoms with Crippen molar-refractivity contribution in [2.75, 3.05) is 86.0 Å². The number of benzene rings is 1. The highest BCUT2D eigenvalue weighted by Crippen LogP contribution is 2.65. The maximum absolute atomic E-state index is 15.1. The molecule has 9 heteroatoms. The summed E-state index contributed by atoms with van der Waals surface area (Å²) in [4.78, 5) is 2.34. The number of hydrogen-bond acceptors (Lipinski definition) is 6. The lowest BCUT2D eigenvalue weighted by atomic mass is 10.2. The van der Waals surface area contributed by atoms with E-state index in [1.54, 1.807) is 7.11 Å². The minimum absolute atomic E-state index is 0.214. The van der Waals surface area contributed by atoms with Crippen LogP contribution in [-0.2, 0) is 18.8 Å². The molecular weight excluding hydrogens is 393 g/mol. The Morgan fingerprint density at radius 3 is 1.69 bits per heavy atom. The summed E-state index contributed by atoms with van der Waals surface area (Å²) >= 11 is 0. The minimum atomic E-state index is -2.96. The van der Waals surface area contributed by atoms with Crippen LogP contribution in [0.15, 0.2) is 24.3 Å². The molecule has 0 aromatic heterocycles. The summed E-state index contributed by atoms with van der Waals surface area (Å²) in [6.45, 7) is 8.09. The van der Waals surface area contributed by atoms with Gasteiger partial charge in [0.15, 0.2) is 0 Å². The lowest BCUT2D eigenvalue weighted by Gasteiger charge is -2.49. The Hall–Kier alpha value is -0.990. The molecule has 3 fully saturated rings. The zero-order chi connectivity index (χ0) is 20.1. The fourth-order valence-corrected chi connectivity index (χ4v) is 8.05. The van der Waals surface area contributed by atoms with Gasteiger partial charge in [0.2, 0.25) is 7.44 Å². The molecule has 0 N–H and O–H groups in total. The van der Waals surface area contributed by atoms with Crippen LogP contribution in [0.2, 0.25) is 0 Å². The Labute approximate surface area is 173 Å². The number of morpholine rings is 3. The lowest BCUT2D eigenvalue weighted by Crippen LogP contribution is -2.49. The molecule has 0 unspecified atom stereocenters. The first-order chi connectivity index (χ1) is 14.2. The average Bonchev–Trinajstić information content (AvgIpc) is 2.81. The molecule has 0 aliphatic carbocycles. The summed E-state index contributed by atoms with van der Waals surface area (Å²) in [6, 6.07) is 8.05. The first-order valence-corrected chi connectivity index (χ1v) is 12.1. The van der Waals surface area contributed by atoms with E-state index in [0.717, 1.165) is 24.4 Å². The second kappa shape index (κ2) is 9.88. The fourth-order valence-electron chi connectivity index (χ4n) is 4.38. The van der Waals surface area contributed by atoms with E-state index in [9.17, 15) is 0 Å². The van der Waals surface area contributed by atoms with Gasteiger partial charge in [0.25, 0.3) is 0 Å². The molecular formula is C20H32N3O5P. The van der Waals surface area contributed by atoms with Gasteiger partial charge in [0, 0.05) is 39.3 Å². The van der Waals surface area contributed by atoms with E-state index in [4.69, 9.17) is 18.9 Å². The molecule has 162 valence electrons. The standard InChI is InChI=1S/C20H32N3O5P/c1-25-19-4-2-18(3-5-19)20(21-6-12-26-13-7-21)29(24,22-8-14-27-15-9-22)23-10-16-28-17-11-23/h2-5,20H,6-17H2,1H3/t20-/m0/s1. The third kappa shape index (κ3) is 4.54. The third-order valence-electron chi connectivity index (χ3n) is 5.91. The molecule has 0 radical (unpaired) electrons. The summed E-state index contributed by atoms with van der Waals surface area (Å²) in [6.07, 6.45) is 0. The minimum Gasteiger partial charge on any atom is -0.497 e. The number of hydrogen-bond donors (Lipinski definition) is 0. The molecule has 8 nitrogen and oxygen atoms in total. The van der Waals surface area contributed by atoms with Crippen molar-refractivity contribution in [3.8, 4) is 5.75 Å². The van der Waals surface area contributed by atoms with Crippen molar-refractivity contribution < 1.29 is 23.5 Å². The molecule has 0 spiro atoms. The van der Waals surface area contributed by atoms with Crippen LogP contribution in [0, 0.1) is 0 Å². The van der Waals surface area contributed by atoms with E-state index in [1.807, 2.05) is 12.1 Å². The van der Waals surface area contributed by atoms with Crippen molar-refractivity contribution in [1.82, 2.24) is 14.2 Å². The molecule has 1 atom stereocenters. The van der Waals surface area contributed by atoms with Gasteiger partial charge < -0.3 is 18.9 Å². The molecule has 1 aromatic rings. The van der Waals surface area contributed by atoms with Gasteiger partial charge in [-0.05, 0) is 17.7 Å². The van der Waals surface area contributed by atoms with Crippen LogP contribution in [-0.4, -0.2) is 100 Å². The summed E-state index contributed by atoms with van der Waals surface area (Å²) in [7, 11) is -1.29. The lowest BCUT2D eigenvalue weighted by molar-refractivity contribution is 0.0199. The maximum atomic E-state index is 15.1. The summed E-state index contributed by atoms with van der Waals surface area (Å²) < 4.78 is 41.6. The highest BCUT2D eigenvalue weighted by atomic mass is 31.2. The normalized spacial score (nSPS) is 24.3. The number of methoxy groups -OCH3 is 1. The molecule has 29 heavy (non-hydrogen) atoms. The SMILES string of the molecule is COc1ccc([C@@H](N2CCOCC2)P(=O)(N2CCOCC2)N2CCOCC2)cc1. The Bertz CT molecular complexity index is 664. The molecule has 0 bridgehead atoms. The predicted molar refractivity (Wildman–Crippen MR) is 111 cm³/mol. The van der Waals surface area contributed by atoms with Gasteiger partial charge in [-0.2, -0.15) is 0 Å². The van der Waals surface area contributed by atoms with Crippen molar-refractivity contribution in [2.24, 2.45) is 0 Å². The first-order valence-electron chi connectivity index (χ1n) is 10.5. The molecule has 0 saturated carbocycles. The van der Waals surface area contributed by atoms with Crippen LogP contribution in [0.3, 0.4) is 0 Å².